The fourth-order valence-electron chi connectivity index (χ4n) is 2.34. The van der Waals surface area contributed by atoms with Crippen LogP contribution in [0.2, 0.25) is 0 Å². The first-order valence-electron chi connectivity index (χ1n) is 7.14. The number of benzene rings is 2. The molecular formula is C16H16N4O2S. The minimum absolute atomic E-state index is 0.0251. The number of carbonyl (C=O) groups is 1. The molecular weight excluding hydrogens is 312 g/mol. The van der Waals surface area contributed by atoms with E-state index >= 15 is 0 Å². The third-order valence-corrected chi connectivity index (χ3v) is 4.32. The number of hydrogen-bond acceptors (Lipinski definition) is 6. The number of amides is 1. The van der Waals surface area contributed by atoms with E-state index < -0.39 is 5.92 Å². The van der Waals surface area contributed by atoms with Gasteiger partial charge in [-0.05, 0) is 40.9 Å². The van der Waals surface area contributed by atoms with Gasteiger partial charge in [-0.1, -0.05) is 28.8 Å². The Morgan fingerprint density at radius 2 is 2.04 bits per heavy atom. The van der Waals surface area contributed by atoms with Crippen molar-refractivity contribution < 1.29 is 9.90 Å². The second-order valence-corrected chi connectivity index (χ2v) is 5.92. The number of nitrogens with two attached hydrogens (primary N) is 1. The van der Waals surface area contributed by atoms with Crippen LogP contribution in [0, 0.1) is 0 Å². The standard InChI is InChI=1S/C16H16N4O2S/c17-8-13(11-3-1-10(9-21)2-4-11)16(22)18-12-5-6-14-15(7-12)23-20-19-14/h1-7,13,21H,8-9,17H2,(H,18,22). The van der Waals surface area contributed by atoms with Crippen molar-refractivity contribution in [2.75, 3.05) is 11.9 Å². The average Bonchev–Trinajstić information content (AvgIpc) is 3.04. The minimum Gasteiger partial charge on any atom is -0.392 e. The molecule has 1 amide bonds. The van der Waals surface area contributed by atoms with Gasteiger partial charge < -0.3 is 16.2 Å². The lowest BCUT2D eigenvalue weighted by Gasteiger charge is -2.15. The van der Waals surface area contributed by atoms with E-state index in [0.29, 0.717) is 5.69 Å². The van der Waals surface area contributed by atoms with E-state index in [2.05, 4.69) is 14.9 Å². The third kappa shape index (κ3) is 3.37. The molecule has 0 radical (unpaired) electrons. The van der Waals surface area contributed by atoms with E-state index in [-0.39, 0.29) is 19.1 Å². The number of nitrogens with zero attached hydrogens (tertiary/aromatic N) is 2. The summed E-state index contributed by atoms with van der Waals surface area (Å²) in [4.78, 5) is 12.5. The molecule has 0 aliphatic carbocycles. The molecule has 118 valence electrons. The Morgan fingerprint density at radius 1 is 1.26 bits per heavy atom. The number of nitrogens with one attached hydrogen (secondary N) is 1. The zero-order chi connectivity index (χ0) is 16.2. The summed E-state index contributed by atoms with van der Waals surface area (Å²) < 4.78 is 4.79. The molecule has 3 rings (SSSR count). The summed E-state index contributed by atoms with van der Waals surface area (Å²) >= 11 is 1.28. The Kier molecular flexibility index (Phi) is 4.61. The molecule has 7 heteroatoms. The molecule has 2 aromatic carbocycles. The Labute approximate surface area is 137 Å². The Morgan fingerprint density at radius 3 is 2.74 bits per heavy atom. The summed E-state index contributed by atoms with van der Waals surface area (Å²) in [6, 6.07) is 12.7. The first kappa shape index (κ1) is 15.5. The van der Waals surface area contributed by atoms with Crippen LogP contribution >= 0.6 is 11.5 Å². The van der Waals surface area contributed by atoms with Crippen LogP contribution < -0.4 is 11.1 Å². The number of aliphatic hydroxyl groups excluding tert-OH is 1. The van der Waals surface area contributed by atoms with E-state index in [0.717, 1.165) is 21.3 Å². The van der Waals surface area contributed by atoms with Gasteiger partial charge in [0.25, 0.3) is 0 Å². The second kappa shape index (κ2) is 6.82. The number of hydrogen-bond donors (Lipinski definition) is 3. The molecule has 1 atom stereocenters. The van der Waals surface area contributed by atoms with Crippen molar-refractivity contribution in [2.45, 2.75) is 12.5 Å². The molecule has 4 N–H and O–H groups in total. The monoisotopic (exact) mass is 328 g/mol. The lowest BCUT2D eigenvalue weighted by Crippen LogP contribution is -2.27. The van der Waals surface area contributed by atoms with Crippen LogP contribution in [-0.4, -0.2) is 27.1 Å². The number of carbonyl (C=O) groups excluding carboxylic acids is 1. The Balaban J connectivity index is 1.78. The van der Waals surface area contributed by atoms with Gasteiger partial charge in [0.2, 0.25) is 5.91 Å². The first-order chi connectivity index (χ1) is 11.2. The fraction of sp³-hybridized carbons (Fsp3) is 0.188. The summed E-state index contributed by atoms with van der Waals surface area (Å²) in [6.07, 6.45) is 0. The zero-order valence-corrected chi connectivity index (χ0v) is 13.1. The van der Waals surface area contributed by atoms with Gasteiger partial charge in [-0.3, -0.25) is 4.79 Å². The van der Waals surface area contributed by atoms with Crippen molar-refractivity contribution in [1.29, 1.82) is 0 Å². The van der Waals surface area contributed by atoms with Crippen molar-refractivity contribution in [3.8, 4) is 0 Å². The first-order valence-corrected chi connectivity index (χ1v) is 7.91. The van der Waals surface area contributed by atoms with Crippen molar-refractivity contribution >= 4 is 33.3 Å². The molecule has 6 nitrogen and oxygen atoms in total. The van der Waals surface area contributed by atoms with Crippen LogP contribution in [0.5, 0.6) is 0 Å². The highest BCUT2D eigenvalue weighted by atomic mass is 32.1. The molecule has 0 spiro atoms. The summed E-state index contributed by atoms with van der Waals surface area (Å²) in [5, 5.41) is 15.9. The van der Waals surface area contributed by atoms with Crippen molar-refractivity contribution in [2.24, 2.45) is 5.73 Å². The minimum atomic E-state index is -0.446. The van der Waals surface area contributed by atoms with Gasteiger partial charge in [0.15, 0.2) is 0 Å². The van der Waals surface area contributed by atoms with E-state index in [1.807, 2.05) is 24.3 Å². The quantitative estimate of drug-likeness (QED) is 0.664. The molecule has 0 saturated carbocycles. The summed E-state index contributed by atoms with van der Waals surface area (Å²) in [6.45, 7) is 0.178. The second-order valence-electron chi connectivity index (χ2n) is 5.13. The molecule has 1 heterocycles. The Bertz CT molecular complexity index is 816. The van der Waals surface area contributed by atoms with Gasteiger partial charge in [0, 0.05) is 12.2 Å². The molecule has 23 heavy (non-hydrogen) atoms. The van der Waals surface area contributed by atoms with Crippen LogP contribution in [0.25, 0.3) is 10.2 Å². The van der Waals surface area contributed by atoms with E-state index in [4.69, 9.17) is 10.8 Å². The van der Waals surface area contributed by atoms with Gasteiger partial charge in [0.05, 0.1) is 17.2 Å². The van der Waals surface area contributed by atoms with Gasteiger partial charge in [-0.15, -0.1) is 5.10 Å². The predicted octanol–water partition coefficient (Wildman–Crippen LogP) is 1.86. The lowest BCUT2D eigenvalue weighted by molar-refractivity contribution is -0.117. The molecule has 0 aliphatic rings. The van der Waals surface area contributed by atoms with Crippen LogP contribution in [0.15, 0.2) is 42.5 Å². The van der Waals surface area contributed by atoms with Crippen LogP contribution in [0.1, 0.15) is 17.0 Å². The molecule has 3 aromatic rings. The Hall–Kier alpha value is -2.35. The number of fused-ring (bicyclic) bond motifs is 1. The SMILES string of the molecule is NCC(C(=O)Nc1ccc2nnsc2c1)c1ccc(CO)cc1. The highest BCUT2D eigenvalue weighted by Gasteiger charge is 2.19. The third-order valence-electron chi connectivity index (χ3n) is 3.63. The maximum Gasteiger partial charge on any atom is 0.233 e. The van der Waals surface area contributed by atoms with Crippen LogP contribution in [0.3, 0.4) is 0 Å². The number of aromatic nitrogens is 2. The van der Waals surface area contributed by atoms with E-state index in [1.165, 1.54) is 11.5 Å². The van der Waals surface area contributed by atoms with E-state index in [9.17, 15) is 4.79 Å². The fourth-order valence-corrected chi connectivity index (χ4v) is 2.93. The van der Waals surface area contributed by atoms with Crippen LogP contribution in [0.4, 0.5) is 5.69 Å². The molecule has 0 fully saturated rings. The van der Waals surface area contributed by atoms with Crippen molar-refractivity contribution in [1.82, 2.24) is 9.59 Å². The number of rotatable bonds is 5. The number of aliphatic hydroxyl groups is 1. The van der Waals surface area contributed by atoms with Crippen LogP contribution in [-0.2, 0) is 11.4 Å². The smallest absolute Gasteiger partial charge is 0.233 e. The van der Waals surface area contributed by atoms with E-state index in [1.54, 1.807) is 18.2 Å². The largest absolute Gasteiger partial charge is 0.392 e. The maximum absolute atomic E-state index is 12.5. The molecule has 0 aliphatic heterocycles. The lowest BCUT2D eigenvalue weighted by atomic mass is 9.97. The van der Waals surface area contributed by atoms with Crippen molar-refractivity contribution in [3.63, 3.8) is 0 Å². The molecule has 0 saturated heterocycles. The highest BCUT2D eigenvalue weighted by molar-refractivity contribution is 7.12. The maximum atomic E-state index is 12.5. The average molecular weight is 328 g/mol. The van der Waals surface area contributed by atoms with Gasteiger partial charge in [-0.2, -0.15) is 0 Å². The van der Waals surface area contributed by atoms with Gasteiger partial charge in [0.1, 0.15) is 5.52 Å². The molecule has 0 bridgehead atoms. The van der Waals surface area contributed by atoms with Gasteiger partial charge >= 0.3 is 0 Å². The topological polar surface area (TPSA) is 101 Å². The summed E-state index contributed by atoms with van der Waals surface area (Å²) in [5.41, 5.74) is 8.90. The predicted molar refractivity (Wildman–Crippen MR) is 90.2 cm³/mol. The molecule has 1 unspecified atom stereocenters. The zero-order valence-electron chi connectivity index (χ0n) is 12.3. The summed E-state index contributed by atoms with van der Waals surface area (Å²) in [7, 11) is 0. The normalized spacial score (nSPS) is 12.3. The highest BCUT2D eigenvalue weighted by Crippen LogP contribution is 2.22. The van der Waals surface area contributed by atoms with Crippen molar-refractivity contribution in [3.05, 3.63) is 53.6 Å². The summed E-state index contributed by atoms with van der Waals surface area (Å²) in [5.74, 6) is -0.612. The molecule has 1 aromatic heterocycles. The van der Waals surface area contributed by atoms with Gasteiger partial charge in [-0.25, -0.2) is 0 Å². The number of anilines is 1.